The van der Waals surface area contributed by atoms with Gasteiger partial charge in [0.15, 0.2) is 5.65 Å². The number of imidazole rings is 1. The zero-order valence-corrected chi connectivity index (χ0v) is 11.9. The Morgan fingerprint density at radius 2 is 1.91 bits per heavy atom. The van der Waals surface area contributed by atoms with Gasteiger partial charge >= 0.3 is 5.69 Å². The van der Waals surface area contributed by atoms with Crippen LogP contribution in [0.4, 0.5) is 0 Å². The maximum Gasteiger partial charge on any atom is 0.332 e. The fourth-order valence-corrected chi connectivity index (χ4v) is 2.60. The molecule has 120 valence electrons. The number of aromatic nitrogens is 4. The molecule has 0 radical (unpaired) electrons. The fraction of sp³-hybridized carbons (Fsp3) is 0.583. The SMILES string of the molecule is Cn1c(=O)c2[nH]c(C3O[C@H](CO)[C@@H](O)[C@H]3O)nc2n(C)c1=O. The Kier molecular flexibility index (Phi) is 3.40. The Hall–Kier alpha value is -2.01. The average Bonchev–Trinajstić information content (AvgIpc) is 3.06. The van der Waals surface area contributed by atoms with E-state index < -0.39 is 42.3 Å². The van der Waals surface area contributed by atoms with E-state index in [1.165, 1.54) is 18.7 Å². The lowest BCUT2D eigenvalue weighted by molar-refractivity contribution is -0.0249. The molecule has 1 saturated heterocycles. The number of aryl methyl sites for hydroxylation is 1. The van der Waals surface area contributed by atoms with Gasteiger partial charge < -0.3 is 25.0 Å². The second-order valence-electron chi connectivity index (χ2n) is 5.29. The van der Waals surface area contributed by atoms with E-state index in [9.17, 15) is 19.8 Å². The Morgan fingerprint density at radius 3 is 2.50 bits per heavy atom. The summed E-state index contributed by atoms with van der Waals surface area (Å²) in [7, 11) is 2.81. The van der Waals surface area contributed by atoms with Crippen molar-refractivity contribution in [1.82, 2.24) is 19.1 Å². The van der Waals surface area contributed by atoms with E-state index >= 15 is 0 Å². The van der Waals surface area contributed by atoms with Gasteiger partial charge in [-0.3, -0.25) is 13.9 Å². The number of H-pyrrole nitrogens is 1. The van der Waals surface area contributed by atoms with Crippen LogP contribution in [-0.4, -0.2) is 59.3 Å². The van der Waals surface area contributed by atoms with E-state index in [2.05, 4.69) is 9.97 Å². The molecule has 10 heteroatoms. The molecule has 0 bridgehead atoms. The van der Waals surface area contributed by atoms with Crippen LogP contribution in [0.1, 0.15) is 11.9 Å². The molecule has 1 unspecified atom stereocenters. The summed E-state index contributed by atoms with van der Waals surface area (Å²) in [5, 5.41) is 28.8. The highest BCUT2D eigenvalue weighted by atomic mass is 16.6. The van der Waals surface area contributed by atoms with E-state index in [0.717, 1.165) is 4.57 Å². The molecule has 4 atom stereocenters. The number of aromatic amines is 1. The van der Waals surface area contributed by atoms with Gasteiger partial charge in [0.1, 0.15) is 35.8 Å². The van der Waals surface area contributed by atoms with Crippen molar-refractivity contribution < 1.29 is 20.1 Å². The van der Waals surface area contributed by atoms with Gasteiger partial charge in [0.2, 0.25) is 0 Å². The van der Waals surface area contributed by atoms with Gasteiger partial charge in [-0.2, -0.15) is 0 Å². The number of fused-ring (bicyclic) bond motifs is 1. The molecule has 3 rings (SSSR count). The second-order valence-corrected chi connectivity index (χ2v) is 5.29. The summed E-state index contributed by atoms with van der Waals surface area (Å²) in [5.74, 6) is 0.107. The standard InChI is InChI=1S/C12H16N4O6/c1-15-10-5(11(20)16(2)12(15)21)13-9(14-10)8-7(19)6(18)4(3-17)22-8/h4,6-8,17-19H,3H2,1-2H3,(H,13,14)/t4-,6-,7-,8?/m1/s1. The van der Waals surface area contributed by atoms with E-state index in [1.54, 1.807) is 0 Å². The van der Waals surface area contributed by atoms with Crippen molar-refractivity contribution in [2.45, 2.75) is 24.4 Å². The van der Waals surface area contributed by atoms with Crippen molar-refractivity contribution in [2.24, 2.45) is 14.1 Å². The molecule has 0 aromatic carbocycles. The van der Waals surface area contributed by atoms with Crippen LogP contribution in [0.2, 0.25) is 0 Å². The van der Waals surface area contributed by atoms with Crippen LogP contribution in [0.3, 0.4) is 0 Å². The van der Waals surface area contributed by atoms with Crippen molar-refractivity contribution >= 4 is 11.2 Å². The number of nitrogens with zero attached hydrogens (tertiary/aromatic N) is 3. The van der Waals surface area contributed by atoms with Crippen LogP contribution in [0, 0.1) is 0 Å². The number of aliphatic hydroxyl groups is 3. The Morgan fingerprint density at radius 1 is 1.23 bits per heavy atom. The van der Waals surface area contributed by atoms with E-state index in [1.807, 2.05) is 0 Å². The van der Waals surface area contributed by atoms with Crippen molar-refractivity contribution in [3.8, 4) is 0 Å². The Balaban J connectivity index is 2.15. The van der Waals surface area contributed by atoms with E-state index in [-0.39, 0.29) is 17.0 Å². The normalized spacial score (nSPS) is 28.6. The smallest absolute Gasteiger partial charge is 0.332 e. The lowest BCUT2D eigenvalue weighted by atomic mass is 10.1. The summed E-state index contributed by atoms with van der Waals surface area (Å²) < 4.78 is 7.48. The van der Waals surface area contributed by atoms with Gasteiger partial charge in [0.25, 0.3) is 5.56 Å². The fourth-order valence-electron chi connectivity index (χ4n) is 2.60. The van der Waals surface area contributed by atoms with Crippen LogP contribution < -0.4 is 11.2 Å². The van der Waals surface area contributed by atoms with Crippen LogP contribution in [0.25, 0.3) is 11.2 Å². The summed E-state index contributed by atoms with van der Waals surface area (Å²) >= 11 is 0. The molecule has 0 saturated carbocycles. The lowest BCUT2D eigenvalue weighted by Crippen LogP contribution is -2.36. The van der Waals surface area contributed by atoms with Crippen molar-refractivity contribution in [3.63, 3.8) is 0 Å². The molecular formula is C12H16N4O6. The summed E-state index contributed by atoms with van der Waals surface area (Å²) in [5.41, 5.74) is -0.863. The minimum atomic E-state index is -1.31. The van der Waals surface area contributed by atoms with Gasteiger partial charge in [-0.1, -0.05) is 0 Å². The first-order chi connectivity index (χ1) is 10.4. The molecule has 0 aliphatic carbocycles. The summed E-state index contributed by atoms with van der Waals surface area (Å²) in [4.78, 5) is 30.8. The minimum Gasteiger partial charge on any atom is -0.394 e. The summed E-state index contributed by atoms with van der Waals surface area (Å²) in [6.07, 6.45) is -4.55. The van der Waals surface area contributed by atoms with E-state index in [0.29, 0.717) is 0 Å². The first kappa shape index (κ1) is 14.9. The lowest BCUT2D eigenvalue weighted by Gasteiger charge is -2.11. The predicted octanol–water partition coefficient (Wildman–Crippen LogP) is -2.89. The number of rotatable bonds is 2. The zero-order chi connectivity index (χ0) is 16.2. The first-order valence-electron chi connectivity index (χ1n) is 6.65. The van der Waals surface area contributed by atoms with Gasteiger partial charge in [0.05, 0.1) is 6.61 Å². The molecule has 1 aliphatic rings. The molecular weight excluding hydrogens is 296 g/mol. The molecule has 2 aromatic heterocycles. The van der Waals surface area contributed by atoms with Crippen molar-refractivity contribution in [1.29, 1.82) is 0 Å². The molecule has 1 fully saturated rings. The quantitative estimate of drug-likeness (QED) is 0.466. The molecule has 0 spiro atoms. The minimum absolute atomic E-state index is 0.0948. The molecule has 3 heterocycles. The number of aliphatic hydroxyl groups excluding tert-OH is 3. The highest BCUT2D eigenvalue weighted by molar-refractivity contribution is 5.69. The molecule has 2 aromatic rings. The summed E-state index contributed by atoms with van der Waals surface area (Å²) in [6, 6.07) is 0. The van der Waals surface area contributed by atoms with Crippen molar-refractivity contribution in [3.05, 3.63) is 26.7 Å². The van der Waals surface area contributed by atoms with Crippen LogP contribution >= 0.6 is 0 Å². The van der Waals surface area contributed by atoms with Crippen LogP contribution in [-0.2, 0) is 18.8 Å². The number of ether oxygens (including phenoxy) is 1. The predicted molar refractivity (Wildman–Crippen MR) is 73.3 cm³/mol. The molecule has 0 amide bonds. The molecule has 1 aliphatic heterocycles. The Bertz CT molecular complexity index is 836. The highest BCUT2D eigenvalue weighted by Gasteiger charge is 2.44. The second kappa shape index (κ2) is 5.02. The third kappa shape index (κ3) is 1.92. The zero-order valence-electron chi connectivity index (χ0n) is 11.9. The van der Waals surface area contributed by atoms with E-state index in [4.69, 9.17) is 9.84 Å². The third-order valence-corrected chi connectivity index (χ3v) is 3.92. The van der Waals surface area contributed by atoms with Crippen LogP contribution in [0.15, 0.2) is 9.59 Å². The van der Waals surface area contributed by atoms with Crippen molar-refractivity contribution in [2.75, 3.05) is 6.61 Å². The molecule has 4 N–H and O–H groups in total. The number of hydrogen-bond acceptors (Lipinski definition) is 7. The van der Waals surface area contributed by atoms with Gasteiger partial charge in [0, 0.05) is 14.1 Å². The largest absolute Gasteiger partial charge is 0.394 e. The summed E-state index contributed by atoms with van der Waals surface area (Å²) in [6.45, 7) is -0.463. The van der Waals surface area contributed by atoms with Crippen LogP contribution in [0.5, 0.6) is 0 Å². The van der Waals surface area contributed by atoms with Gasteiger partial charge in [-0.15, -0.1) is 0 Å². The number of hydrogen-bond donors (Lipinski definition) is 4. The third-order valence-electron chi connectivity index (χ3n) is 3.92. The van der Waals surface area contributed by atoms with Gasteiger partial charge in [-0.05, 0) is 0 Å². The highest BCUT2D eigenvalue weighted by Crippen LogP contribution is 2.32. The monoisotopic (exact) mass is 312 g/mol. The molecule has 22 heavy (non-hydrogen) atoms. The topological polar surface area (TPSA) is 143 Å². The maximum atomic E-state index is 12.1. The maximum absolute atomic E-state index is 12.1. The first-order valence-corrected chi connectivity index (χ1v) is 6.65. The average molecular weight is 312 g/mol. The van der Waals surface area contributed by atoms with Gasteiger partial charge in [-0.25, -0.2) is 9.78 Å². The molecule has 10 nitrogen and oxygen atoms in total. The Labute approximate surface area is 123 Å². The number of nitrogens with one attached hydrogen (secondary N) is 1.